The summed E-state index contributed by atoms with van der Waals surface area (Å²) in [6.45, 7) is 0.159. The Labute approximate surface area is 211 Å². The first-order chi connectivity index (χ1) is 17.4. The maximum atomic E-state index is 14.4. The Balaban J connectivity index is 1.62. The quantitative estimate of drug-likeness (QED) is 0.291. The fourth-order valence-corrected chi connectivity index (χ4v) is 5.09. The second kappa shape index (κ2) is 10.2. The molecule has 2 aromatic carbocycles. The van der Waals surface area contributed by atoms with Gasteiger partial charge in [-0.3, -0.25) is 0 Å². The van der Waals surface area contributed by atoms with E-state index in [0.29, 0.717) is 21.9 Å². The van der Waals surface area contributed by atoms with Crippen molar-refractivity contribution in [3.8, 4) is 17.3 Å². The van der Waals surface area contributed by atoms with Gasteiger partial charge in [-0.1, -0.05) is 30.9 Å². The third-order valence-corrected chi connectivity index (χ3v) is 7.00. The minimum Gasteiger partial charge on any atom is -0.478 e. The highest BCUT2D eigenvalue weighted by atomic mass is 35.5. The van der Waals surface area contributed by atoms with E-state index in [1.54, 1.807) is 12.1 Å². The van der Waals surface area contributed by atoms with Gasteiger partial charge in [0.15, 0.2) is 11.6 Å². The number of halogens is 3. The van der Waals surface area contributed by atoms with Crippen molar-refractivity contribution in [1.82, 2.24) is 14.5 Å². The number of pyridine rings is 1. The Kier molecular flexibility index (Phi) is 6.87. The average molecular weight is 512 g/mol. The first-order valence-electron chi connectivity index (χ1n) is 11.9. The van der Waals surface area contributed by atoms with E-state index in [-0.39, 0.29) is 30.0 Å². The monoisotopic (exact) mass is 511 g/mol. The van der Waals surface area contributed by atoms with Crippen LogP contribution in [0.15, 0.2) is 54.7 Å². The predicted molar refractivity (Wildman–Crippen MR) is 132 cm³/mol. The van der Waals surface area contributed by atoms with Gasteiger partial charge in [-0.05, 0) is 49.1 Å². The number of carboxylic acids is 1. The molecule has 4 aromatic rings. The summed E-state index contributed by atoms with van der Waals surface area (Å²) in [5.74, 6) is -2.06. The van der Waals surface area contributed by atoms with E-state index in [0.717, 1.165) is 43.7 Å². The van der Waals surface area contributed by atoms with E-state index in [1.165, 1.54) is 24.4 Å². The number of fused-ring (bicyclic) bond motifs is 1. The highest BCUT2D eigenvalue weighted by Gasteiger charge is 2.30. The number of nitrogens with zero attached hydrogens (tertiary/aromatic N) is 3. The van der Waals surface area contributed by atoms with Crippen LogP contribution in [0.25, 0.3) is 22.4 Å². The molecule has 0 amide bonds. The number of hydrogen-bond donors (Lipinski definition) is 1. The van der Waals surface area contributed by atoms with Crippen LogP contribution in [-0.4, -0.2) is 32.2 Å². The highest BCUT2D eigenvalue weighted by molar-refractivity contribution is 6.30. The molecule has 2 aromatic heterocycles. The number of imidazole rings is 1. The van der Waals surface area contributed by atoms with E-state index in [4.69, 9.17) is 16.3 Å². The number of rotatable bonds is 7. The smallest absolute Gasteiger partial charge is 0.335 e. The number of carbonyl (C=O) groups is 1. The second-order valence-electron chi connectivity index (χ2n) is 9.03. The molecule has 1 fully saturated rings. The molecule has 0 saturated heterocycles. The summed E-state index contributed by atoms with van der Waals surface area (Å²) >= 11 is 6.10. The molecule has 0 radical (unpaired) electrons. The van der Waals surface area contributed by atoms with Gasteiger partial charge >= 0.3 is 5.97 Å². The van der Waals surface area contributed by atoms with Crippen LogP contribution < -0.4 is 4.74 Å². The molecular weight excluding hydrogens is 488 g/mol. The van der Waals surface area contributed by atoms with Crippen molar-refractivity contribution in [3.63, 3.8) is 0 Å². The van der Waals surface area contributed by atoms with Gasteiger partial charge in [0.05, 0.1) is 22.6 Å². The van der Waals surface area contributed by atoms with E-state index in [9.17, 15) is 18.7 Å². The van der Waals surface area contributed by atoms with Crippen LogP contribution in [0.4, 0.5) is 8.78 Å². The van der Waals surface area contributed by atoms with Crippen LogP contribution >= 0.6 is 11.6 Å². The fraction of sp³-hybridized carbons (Fsp3) is 0.296. The average Bonchev–Trinajstić information content (AvgIpc) is 3.23. The molecule has 186 valence electrons. The molecule has 0 aliphatic heterocycles. The van der Waals surface area contributed by atoms with Crippen molar-refractivity contribution in [2.45, 2.75) is 38.1 Å². The molecule has 2 heterocycles. The predicted octanol–water partition coefficient (Wildman–Crippen LogP) is 6.93. The number of ether oxygens (including phenoxy) is 1. The molecule has 1 saturated carbocycles. The molecule has 1 aliphatic rings. The second-order valence-corrected chi connectivity index (χ2v) is 9.47. The minimum absolute atomic E-state index is 0.0710. The molecule has 1 unspecified atom stereocenters. The normalized spacial score (nSPS) is 15.2. The Hall–Kier alpha value is -3.52. The maximum Gasteiger partial charge on any atom is 0.335 e. The molecule has 0 spiro atoms. The molecule has 36 heavy (non-hydrogen) atoms. The minimum atomic E-state index is -1.07. The van der Waals surface area contributed by atoms with Crippen molar-refractivity contribution in [2.24, 2.45) is 5.92 Å². The summed E-state index contributed by atoms with van der Waals surface area (Å²) < 4.78 is 36.6. The molecule has 5 rings (SSSR count). The molecule has 0 bridgehead atoms. The van der Waals surface area contributed by atoms with Crippen molar-refractivity contribution in [2.75, 3.05) is 6.61 Å². The first-order valence-corrected chi connectivity index (χ1v) is 12.2. The summed E-state index contributed by atoms with van der Waals surface area (Å²) in [7, 11) is 0. The van der Waals surface area contributed by atoms with Crippen LogP contribution in [0.3, 0.4) is 0 Å². The lowest BCUT2D eigenvalue weighted by Gasteiger charge is -2.32. The molecule has 6 nitrogen and oxygen atoms in total. The summed E-state index contributed by atoms with van der Waals surface area (Å²) in [5, 5.41) is 9.88. The van der Waals surface area contributed by atoms with Crippen LogP contribution in [0.2, 0.25) is 5.02 Å². The lowest BCUT2D eigenvalue weighted by molar-refractivity contribution is 0.0696. The van der Waals surface area contributed by atoms with Gasteiger partial charge < -0.3 is 14.4 Å². The number of benzene rings is 2. The lowest BCUT2D eigenvalue weighted by atomic mass is 9.83. The summed E-state index contributed by atoms with van der Waals surface area (Å²) in [6.07, 6.45) is 6.53. The lowest BCUT2D eigenvalue weighted by Crippen LogP contribution is -2.28. The van der Waals surface area contributed by atoms with Gasteiger partial charge in [0, 0.05) is 35.0 Å². The highest BCUT2D eigenvalue weighted by Crippen LogP contribution is 2.39. The van der Waals surface area contributed by atoms with Gasteiger partial charge in [0.2, 0.25) is 5.88 Å². The topological polar surface area (TPSA) is 77.2 Å². The Morgan fingerprint density at radius 1 is 1.08 bits per heavy atom. The van der Waals surface area contributed by atoms with E-state index >= 15 is 0 Å². The zero-order valence-electron chi connectivity index (χ0n) is 19.3. The Morgan fingerprint density at radius 3 is 2.53 bits per heavy atom. The van der Waals surface area contributed by atoms with E-state index < -0.39 is 17.6 Å². The standard InChI is InChI=1S/C27H24ClF2N3O3/c28-19-8-6-17(7-9-19)26-32-22-13-20(29)21(30)14-23(22)33(26)24(16-4-2-1-3-5-16)15-36-25-12-18(27(34)35)10-11-31-25/h6-14,16,24H,1-5,15H2,(H,34,35). The van der Waals surface area contributed by atoms with Crippen LogP contribution in [0.5, 0.6) is 5.88 Å². The fourth-order valence-electron chi connectivity index (χ4n) is 4.96. The van der Waals surface area contributed by atoms with Gasteiger partial charge in [-0.15, -0.1) is 0 Å². The van der Waals surface area contributed by atoms with Crippen molar-refractivity contribution < 1.29 is 23.4 Å². The summed E-state index contributed by atoms with van der Waals surface area (Å²) in [5.41, 5.74) is 1.63. The van der Waals surface area contributed by atoms with E-state index in [2.05, 4.69) is 9.97 Å². The Bertz CT molecular complexity index is 1400. The largest absolute Gasteiger partial charge is 0.478 e. The molecule has 1 aliphatic carbocycles. The molecule has 1 atom stereocenters. The van der Waals surface area contributed by atoms with Crippen LogP contribution in [0, 0.1) is 17.6 Å². The summed E-state index contributed by atoms with van der Waals surface area (Å²) in [4.78, 5) is 20.2. The third-order valence-electron chi connectivity index (χ3n) is 6.74. The number of aromatic nitrogens is 3. The number of hydrogen-bond acceptors (Lipinski definition) is 4. The maximum absolute atomic E-state index is 14.4. The first kappa shape index (κ1) is 24.2. The van der Waals surface area contributed by atoms with Crippen molar-refractivity contribution in [1.29, 1.82) is 0 Å². The zero-order chi connectivity index (χ0) is 25.2. The summed E-state index contributed by atoms with van der Waals surface area (Å²) in [6, 6.07) is 11.9. The van der Waals surface area contributed by atoms with E-state index in [1.807, 2.05) is 16.7 Å². The molecule has 9 heteroatoms. The van der Waals surface area contributed by atoms with Gasteiger partial charge in [-0.25, -0.2) is 23.5 Å². The Morgan fingerprint density at radius 2 is 1.81 bits per heavy atom. The third kappa shape index (κ3) is 4.91. The van der Waals surface area contributed by atoms with Crippen LogP contribution in [-0.2, 0) is 0 Å². The molecule has 1 N–H and O–H groups in total. The zero-order valence-corrected chi connectivity index (χ0v) is 20.1. The van der Waals surface area contributed by atoms with Gasteiger partial charge in [-0.2, -0.15) is 0 Å². The van der Waals surface area contributed by atoms with Crippen molar-refractivity contribution >= 4 is 28.6 Å². The van der Waals surface area contributed by atoms with Gasteiger partial charge in [0.25, 0.3) is 0 Å². The number of aromatic carboxylic acids is 1. The number of carboxylic acid groups (broad SMARTS) is 1. The van der Waals surface area contributed by atoms with Crippen molar-refractivity contribution in [3.05, 3.63) is 76.9 Å². The van der Waals surface area contributed by atoms with Crippen LogP contribution in [0.1, 0.15) is 48.5 Å². The SMILES string of the molecule is O=C(O)c1ccnc(OCC(C2CCCCC2)n2c(-c3ccc(Cl)cc3)nc3cc(F)c(F)cc32)c1. The molecular formula is C27H24ClF2N3O3. The van der Waals surface area contributed by atoms with Gasteiger partial charge in [0.1, 0.15) is 12.4 Å².